The highest BCUT2D eigenvalue weighted by Gasteiger charge is 2.87. The fourth-order valence-corrected chi connectivity index (χ4v) is 8.67. The molecular formula is C25H35Cl6NO2. The second-order valence-electron chi connectivity index (χ2n) is 10.0. The van der Waals surface area contributed by atoms with E-state index in [0.29, 0.717) is 6.54 Å². The Morgan fingerprint density at radius 3 is 1.29 bits per heavy atom. The molecular weight excluding hydrogens is 559 g/mol. The van der Waals surface area contributed by atoms with Crippen LogP contribution < -0.4 is 0 Å². The normalized spacial score (nSPS) is 31.8. The van der Waals surface area contributed by atoms with Crippen molar-refractivity contribution < 1.29 is 9.59 Å². The molecule has 4 atom stereocenters. The molecule has 3 rings (SSSR count). The second-order valence-corrected chi connectivity index (χ2v) is 13.3. The summed E-state index contributed by atoms with van der Waals surface area (Å²) in [5.74, 6) is -2.88. The van der Waals surface area contributed by atoms with Crippen LogP contribution in [0.3, 0.4) is 0 Å². The number of hydrogen-bond acceptors (Lipinski definition) is 2. The fourth-order valence-electron chi connectivity index (χ4n) is 5.74. The molecule has 9 heteroatoms. The predicted molar refractivity (Wildman–Crippen MR) is 144 cm³/mol. The van der Waals surface area contributed by atoms with E-state index >= 15 is 0 Å². The minimum Gasteiger partial charge on any atom is -0.282 e. The number of hydrogen-bond donors (Lipinski definition) is 0. The Morgan fingerprint density at radius 1 is 0.618 bits per heavy atom. The van der Waals surface area contributed by atoms with Crippen molar-refractivity contribution in [1.29, 1.82) is 0 Å². The molecule has 0 spiro atoms. The third-order valence-electron chi connectivity index (χ3n) is 7.74. The van der Waals surface area contributed by atoms with Crippen LogP contribution in [-0.4, -0.2) is 37.3 Å². The summed E-state index contributed by atoms with van der Waals surface area (Å²) in [6.07, 6.45) is 17.3. The van der Waals surface area contributed by atoms with Crippen molar-refractivity contribution in [2.75, 3.05) is 6.54 Å². The summed E-state index contributed by atoms with van der Waals surface area (Å²) in [7, 11) is 0. The van der Waals surface area contributed by atoms with Gasteiger partial charge < -0.3 is 0 Å². The van der Waals surface area contributed by atoms with Gasteiger partial charge in [-0.15, -0.1) is 23.2 Å². The molecule has 194 valence electrons. The third kappa shape index (κ3) is 4.78. The zero-order valence-corrected chi connectivity index (χ0v) is 24.3. The Hall–Kier alpha value is 0.620. The van der Waals surface area contributed by atoms with Gasteiger partial charge in [0.2, 0.25) is 11.8 Å². The minimum absolute atomic E-state index is 0.0448. The molecule has 1 saturated carbocycles. The monoisotopic (exact) mass is 591 g/mol. The lowest BCUT2D eigenvalue weighted by molar-refractivity contribution is -0.140. The van der Waals surface area contributed by atoms with Crippen LogP contribution in [0.2, 0.25) is 0 Å². The zero-order chi connectivity index (χ0) is 25.1. The number of imide groups is 1. The summed E-state index contributed by atoms with van der Waals surface area (Å²) in [5.41, 5.74) is 0. The van der Waals surface area contributed by atoms with Crippen molar-refractivity contribution in [3.05, 3.63) is 10.1 Å². The number of alkyl halides is 4. The van der Waals surface area contributed by atoms with E-state index in [1.54, 1.807) is 0 Å². The largest absolute Gasteiger partial charge is 0.282 e. The number of carbonyl (C=O) groups excluding carboxylic acids is 2. The summed E-state index contributed by atoms with van der Waals surface area (Å²) < 4.78 is -1.86. The van der Waals surface area contributed by atoms with Gasteiger partial charge in [-0.2, -0.15) is 0 Å². The lowest BCUT2D eigenvalue weighted by Crippen LogP contribution is -2.50. The Kier molecular flexibility index (Phi) is 10.3. The molecule has 0 aromatic heterocycles. The summed E-state index contributed by atoms with van der Waals surface area (Å²) in [4.78, 5) is 24.1. The molecule has 2 bridgehead atoms. The molecule has 2 amide bonds. The first kappa shape index (κ1) is 29.2. The van der Waals surface area contributed by atoms with Gasteiger partial charge in [-0.1, -0.05) is 137 Å². The van der Waals surface area contributed by atoms with Crippen molar-refractivity contribution in [3.63, 3.8) is 0 Å². The van der Waals surface area contributed by atoms with Crippen molar-refractivity contribution >= 4 is 81.4 Å². The van der Waals surface area contributed by atoms with Crippen LogP contribution in [0.4, 0.5) is 0 Å². The Labute approximate surface area is 234 Å². The molecule has 1 heterocycles. The van der Waals surface area contributed by atoms with Gasteiger partial charge in [-0.25, -0.2) is 0 Å². The summed E-state index contributed by atoms with van der Waals surface area (Å²) >= 11 is 39.1. The average molecular weight is 594 g/mol. The van der Waals surface area contributed by atoms with Crippen LogP contribution in [0.5, 0.6) is 0 Å². The number of amides is 2. The van der Waals surface area contributed by atoms with E-state index < -0.39 is 37.7 Å². The highest BCUT2D eigenvalue weighted by molar-refractivity contribution is 6.66. The highest BCUT2D eigenvalue weighted by atomic mass is 35.5. The van der Waals surface area contributed by atoms with Crippen LogP contribution in [0.15, 0.2) is 10.1 Å². The number of fused-ring (bicyclic) bond motifs is 5. The van der Waals surface area contributed by atoms with E-state index in [4.69, 9.17) is 69.6 Å². The lowest BCUT2D eigenvalue weighted by atomic mass is 9.84. The molecule has 0 aromatic carbocycles. The summed E-state index contributed by atoms with van der Waals surface area (Å²) in [5, 5.41) is -0.0897. The first-order valence-corrected chi connectivity index (χ1v) is 15.0. The van der Waals surface area contributed by atoms with Crippen molar-refractivity contribution in [3.8, 4) is 0 Å². The van der Waals surface area contributed by atoms with E-state index in [1.165, 1.54) is 75.5 Å². The van der Waals surface area contributed by atoms with E-state index in [-0.39, 0.29) is 10.1 Å². The standard InChI is InChI=1S/C25H35Cl6NO2/c1-2-3-4-5-6-7-8-9-10-11-12-13-14-15-16-32-21(33)17-18(22(32)34)24(29)20(27)19(26)23(17,28)25(24,30)31/h17-18H,2-16H2,1H3/t17-,18+,23-,24-/m0/s1. The third-order valence-corrected chi connectivity index (χ3v) is 12.0. The Bertz CT molecular complexity index is 756. The van der Waals surface area contributed by atoms with Gasteiger partial charge in [-0.05, 0) is 6.42 Å². The number of carbonyl (C=O) groups is 2. The first-order valence-electron chi connectivity index (χ1n) is 12.8. The van der Waals surface area contributed by atoms with Crippen molar-refractivity contribution in [2.24, 2.45) is 11.8 Å². The van der Waals surface area contributed by atoms with Gasteiger partial charge in [-0.3, -0.25) is 14.5 Å². The zero-order valence-electron chi connectivity index (χ0n) is 19.8. The summed E-state index contributed by atoms with van der Waals surface area (Å²) in [6.45, 7) is 2.58. The van der Waals surface area contributed by atoms with Gasteiger partial charge in [0.15, 0.2) is 4.33 Å². The van der Waals surface area contributed by atoms with E-state index in [1.807, 2.05) is 0 Å². The van der Waals surface area contributed by atoms with Crippen molar-refractivity contribution in [2.45, 2.75) is 111 Å². The maximum atomic E-state index is 13.2. The van der Waals surface area contributed by atoms with Crippen LogP contribution in [0, 0.1) is 11.8 Å². The predicted octanol–water partition coefficient (Wildman–Crippen LogP) is 8.91. The van der Waals surface area contributed by atoms with Crippen LogP contribution >= 0.6 is 69.6 Å². The average Bonchev–Trinajstić information content (AvgIpc) is 3.17. The highest BCUT2D eigenvalue weighted by Crippen LogP contribution is 2.77. The summed E-state index contributed by atoms with van der Waals surface area (Å²) in [6, 6.07) is 0. The maximum Gasteiger partial charge on any atom is 0.235 e. The van der Waals surface area contributed by atoms with Gasteiger partial charge in [0, 0.05) is 6.54 Å². The fraction of sp³-hybridized carbons (Fsp3) is 0.840. The number of likely N-dealkylation sites (tertiary alicyclic amines) is 1. The Morgan fingerprint density at radius 2 is 0.941 bits per heavy atom. The molecule has 3 nitrogen and oxygen atoms in total. The molecule has 3 aliphatic rings. The number of halogens is 6. The first-order chi connectivity index (χ1) is 16.1. The smallest absolute Gasteiger partial charge is 0.235 e. The quantitative estimate of drug-likeness (QED) is 0.108. The second kappa shape index (κ2) is 12.0. The molecule has 34 heavy (non-hydrogen) atoms. The molecule has 0 radical (unpaired) electrons. The topological polar surface area (TPSA) is 37.4 Å². The Balaban J connectivity index is 1.36. The van der Waals surface area contributed by atoms with Crippen LogP contribution in [0.1, 0.15) is 96.8 Å². The molecule has 2 aliphatic carbocycles. The molecule has 2 fully saturated rings. The minimum atomic E-state index is -1.86. The van der Waals surface area contributed by atoms with E-state index in [2.05, 4.69) is 6.92 Å². The van der Waals surface area contributed by atoms with Crippen molar-refractivity contribution in [1.82, 2.24) is 4.90 Å². The molecule has 1 aliphatic heterocycles. The molecule has 0 N–H and O–H groups in total. The van der Waals surface area contributed by atoms with E-state index in [9.17, 15) is 9.59 Å². The van der Waals surface area contributed by atoms with Gasteiger partial charge >= 0.3 is 0 Å². The molecule has 0 aromatic rings. The number of unbranched alkanes of at least 4 members (excludes halogenated alkanes) is 13. The van der Waals surface area contributed by atoms with Crippen LogP contribution in [0.25, 0.3) is 0 Å². The maximum absolute atomic E-state index is 13.2. The lowest BCUT2D eigenvalue weighted by Gasteiger charge is -2.34. The molecule has 1 saturated heterocycles. The number of allylic oxidation sites excluding steroid dienone is 2. The van der Waals surface area contributed by atoms with Gasteiger partial charge in [0.05, 0.1) is 21.9 Å². The van der Waals surface area contributed by atoms with E-state index in [0.717, 1.165) is 19.3 Å². The number of rotatable bonds is 15. The molecule has 0 unspecified atom stereocenters. The van der Waals surface area contributed by atoms with Crippen LogP contribution in [-0.2, 0) is 9.59 Å². The SMILES string of the molecule is CCCCCCCCCCCCCCCCN1C(=O)[C@@H]2[C@H](C1=O)[C@]1(Cl)C(Cl)=C(Cl)[C@]2(Cl)C1(Cl)Cl. The van der Waals surface area contributed by atoms with Gasteiger partial charge in [0.25, 0.3) is 0 Å². The van der Waals surface area contributed by atoms with Gasteiger partial charge in [0.1, 0.15) is 9.75 Å². The number of nitrogens with zero attached hydrogens (tertiary/aromatic N) is 1.